The van der Waals surface area contributed by atoms with Crippen molar-refractivity contribution in [1.82, 2.24) is 15.3 Å². The zero-order valence-corrected chi connectivity index (χ0v) is 11.1. The molecule has 0 aliphatic rings. The molecule has 20 heavy (non-hydrogen) atoms. The second-order valence-corrected chi connectivity index (χ2v) is 4.26. The first kappa shape index (κ1) is 13.8. The van der Waals surface area contributed by atoms with E-state index in [1.54, 1.807) is 18.3 Å². The summed E-state index contributed by atoms with van der Waals surface area (Å²) in [5, 5.41) is 2.89. The van der Waals surface area contributed by atoms with Gasteiger partial charge in [0.2, 0.25) is 0 Å². The molecule has 5 nitrogen and oxygen atoms in total. The number of rotatable bonds is 3. The molecule has 0 spiro atoms. The van der Waals surface area contributed by atoms with Gasteiger partial charge in [-0.05, 0) is 18.2 Å². The van der Waals surface area contributed by atoms with Gasteiger partial charge in [-0.15, -0.1) is 6.42 Å². The lowest BCUT2D eigenvalue weighted by Gasteiger charge is -2.05. The van der Waals surface area contributed by atoms with Crippen LogP contribution >= 0.6 is 11.6 Å². The Morgan fingerprint density at radius 1 is 1.45 bits per heavy atom. The maximum absolute atomic E-state index is 11.9. The molecule has 2 rings (SSSR count). The number of nitrogens with zero attached hydrogens (tertiary/aromatic N) is 1. The Hall–Kier alpha value is -2.58. The molecule has 1 amide bonds. The summed E-state index contributed by atoms with van der Waals surface area (Å²) in [6, 6.07) is 4.63. The maximum atomic E-state index is 11.9. The third kappa shape index (κ3) is 2.87. The summed E-state index contributed by atoms with van der Waals surface area (Å²) >= 11 is 6.02. The fourth-order valence-corrected chi connectivity index (χ4v) is 1.82. The summed E-state index contributed by atoms with van der Waals surface area (Å²) in [6.45, 7) is 0.0639. The standard InChI is InChI=1S/C14H10ClN3O2/c1-2-6-17-13(19)9-3-4-12(18-14(9)20)10-8-16-7-5-11(10)15/h1,3-5,7-8H,6H2,(H,17,19)(H,18,20). The molecule has 0 aliphatic heterocycles. The molecule has 100 valence electrons. The molecule has 2 heterocycles. The van der Waals surface area contributed by atoms with Gasteiger partial charge in [0.05, 0.1) is 17.3 Å². The molecular weight excluding hydrogens is 278 g/mol. The van der Waals surface area contributed by atoms with Gasteiger partial charge in [0.15, 0.2) is 0 Å². The van der Waals surface area contributed by atoms with E-state index in [2.05, 4.69) is 21.2 Å². The highest BCUT2D eigenvalue weighted by Gasteiger charge is 2.11. The van der Waals surface area contributed by atoms with Crippen LogP contribution in [0.2, 0.25) is 5.02 Å². The van der Waals surface area contributed by atoms with Crippen LogP contribution in [0.1, 0.15) is 10.4 Å². The van der Waals surface area contributed by atoms with Crippen molar-refractivity contribution in [2.24, 2.45) is 0 Å². The average Bonchev–Trinajstić information content (AvgIpc) is 2.45. The molecule has 0 radical (unpaired) electrons. The van der Waals surface area contributed by atoms with Crippen LogP contribution < -0.4 is 10.9 Å². The van der Waals surface area contributed by atoms with E-state index in [0.717, 1.165) is 0 Å². The Bertz CT molecular complexity index is 747. The molecule has 0 aliphatic carbocycles. The van der Waals surface area contributed by atoms with Crippen molar-refractivity contribution in [2.75, 3.05) is 6.54 Å². The lowest BCUT2D eigenvalue weighted by Crippen LogP contribution is -2.29. The van der Waals surface area contributed by atoms with Gasteiger partial charge < -0.3 is 10.3 Å². The van der Waals surface area contributed by atoms with Crippen LogP contribution in [0.3, 0.4) is 0 Å². The Labute approximate surface area is 120 Å². The molecular formula is C14H10ClN3O2. The van der Waals surface area contributed by atoms with Crippen LogP contribution in [-0.2, 0) is 0 Å². The van der Waals surface area contributed by atoms with Crippen LogP contribution in [0.25, 0.3) is 11.3 Å². The monoisotopic (exact) mass is 287 g/mol. The number of terminal acetylenes is 1. The quantitative estimate of drug-likeness (QED) is 0.839. The third-order valence-electron chi connectivity index (χ3n) is 2.56. The van der Waals surface area contributed by atoms with Gasteiger partial charge in [-0.3, -0.25) is 14.6 Å². The van der Waals surface area contributed by atoms with Crippen molar-refractivity contribution in [3.05, 3.63) is 51.5 Å². The molecule has 0 saturated heterocycles. The van der Waals surface area contributed by atoms with Gasteiger partial charge in [-0.25, -0.2) is 0 Å². The van der Waals surface area contributed by atoms with Crippen molar-refractivity contribution in [3.8, 4) is 23.6 Å². The summed E-state index contributed by atoms with van der Waals surface area (Å²) in [5.41, 5.74) is 0.546. The van der Waals surface area contributed by atoms with Crippen molar-refractivity contribution in [2.45, 2.75) is 0 Å². The van der Waals surface area contributed by atoms with Gasteiger partial charge in [0.25, 0.3) is 11.5 Å². The van der Waals surface area contributed by atoms with E-state index >= 15 is 0 Å². The molecule has 0 atom stereocenters. The third-order valence-corrected chi connectivity index (χ3v) is 2.89. The Balaban J connectivity index is 2.36. The van der Waals surface area contributed by atoms with Crippen molar-refractivity contribution < 1.29 is 4.79 Å². The summed E-state index contributed by atoms with van der Waals surface area (Å²) in [4.78, 5) is 30.1. The number of H-pyrrole nitrogens is 1. The van der Waals surface area contributed by atoms with E-state index in [0.29, 0.717) is 16.3 Å². The lowest BCUT2D eigenvalue weighted by atomic mass is 10.1. The Morgan fingerprint density at radius 3 is 2.90 bits per heavy atom. The number of pyridine rings is 2. The Morgan fingerprint density at radius 2 is 2.25 bits per heavy atom. The van der Waals surface area contributed by atoms with Crippen molar-refractivity contribution >= 4 is 17.5 Å². The molecule has 6 heteroatoms. The van der Waals surface area contributed by atoms with Crippen LogP contribution in [0.15, 0.2) is 35.4 Å². The molecule has 2 aromatic rings. The predicted octanol–water partition coefficient (Wildman–Crippen LogP) is 1.45. The van der Waals surface area contributed by atoms with Crippen LogP contribution in [0.5, 0.6) is 0 Å². The topological polar surface area (TPSA) is 74.8 Å². The van der Waals surface area contributed by atoms with E-state index < -0.39 is 11.5 Å². The average molecular weight is 288 g/mol. The minimum absolute atomic E-state index is 0.0102. The van der Waals surface area contributed by atoms with E-state index in [4.69, 9.17) is 18.0 Å². The van der Waals surface area contributed by atoms with Crippen molar-refractivity contribution in [3.63, 3.8) is 0 Å². The number of hydrogen-bond acceptors (Lipinski definition) is 3. The molecule has 2 N–H and O–H groups in total. The molecule has 0 bridgehead atoms. The predicted molar refractivity (Wildman–Crippen MR) is 76.5 cm³/mol. The van der Waals surface area contributed by atoms with E-state index in [9.17, 15) is 9.59 Å². The maximum Gasteiger partial charge on any atom is 0.261 e. The molecule has 2 aromatic heterocycles. The zero-order valence-electron chi connectivity index (χ0n) is 10.3. The van der Waals surface area contributed by atoms with Gasteiger partial charge in [-0.2, -0.15) is 0 Å². The highest BCUT2D eigenvalue weighted by molar-refractivity contribution is 6.33. The number of aromatic nitrogens is 2. The van der Waals surface area contributed by atoms with Crippen LogP contribution in [-0.4, -0.2) is 22.4 Å². The first-order valence-electron chi connectivity index (χ1n) is 5.68. The first-order chi connectivity index (χ1) is 9.63. The minimum atomic E-state index is -0.520. The molecule has 0 unspecified atom stereocenters. The number of aromatic amines is 1. The second-order valence-electron chi connectivity index (χ2n) is 3.86. The number of hydrogen-bond donors (Lipinski definition) is 2. The second kappa shape index (κ2) is 6.04. The van der Waals surface area contributed by atoms with Crippen molar-refractivity contribution in [1.29, 1.82) is 0 Å². The number of amides is 1. The SMILES string of the molecule is C#CCNC(=O)c1ccc(-c2cnccc2Cl)[nH]c1=O. The first-order valence-corrected chi connectivity index (χ1v) is 6.06. The molecule has 0 saturated carbocycles. The summed E-state index contributed by atoms with van der Waals surface area (Å²) in [7, 11) is 0. The summed E-state index contributed by atoms with van der Waals surface area (Å²) in [5.74, 6) is 1.74. The number of carbonyl (C=O) groups is 1. The van der Waals surface area contributed by atoms with Gasteiger partial charge >= 0.3 is 0 Å². The normalized spacial score (nSPS) is 9.80. The van der Waals surface area contributed by atoms with Gasteiger partial charge in [0.1, 0.15) is 5.56 Å². The fraction of sp³-hybridized carbons (Fsp3) is 0.0714. The highest BCUT2D eigenvalue weighted by Crippen LogP contribution is 2.23. The highest BCUT2D eigenvalue weighted by atomic mass is 35.5. The summed E-state index contributed by atoms with van der Waals surface area (Å²) in [6.07, 6.45) is 8.12. The fourth-order valence-electron chi connectivity index (χ4n) is 1.61. The molecule has 0 fully saturated rings. The van der Waals surface area contributed by atoms with E-state index in [1.807, 2.05) is 0 Å². The number of nitrogens with one attached hydrogen (secondary N) is 2. The minimum Gasteiger partial charge on any atom is -0.341 e. The summed E-state index contributed by atoms with van der Waals surface area (Å²) < 4.78 is 0. The van der Waals surface area contributed by atoms with Crippen LogP contribution in [0, 0.1) is 12.3 Å². The van der Waals surface area contributed by atoms with Gasteiger partial charge in [-0.1, -0.05) is 17.5 Å². The smallest absolute Gasteiger partial charge is 0.261 e. The lowest BCUT2D eigenvalue weighted by molar-refractivity contribution is 0.0957. The number of carbonyl (C=O) groups excluding carboxylic acids is 1. The van der Waals surface area contributed by atoms with Gasteiger partial charge in [0, 0.05) is 18.0 Å². The zero-order chi connectivity index (χ0) is 14.5. The number of halogens is 1. The molecule has 0 aromatic carbocycles. The Kier molecular flexibility index (Phi) is 4.18. The van der Waals surface area contributed by atoms with Crippen LogP contribution in [0.4, 0.5) is 0 Å². The van der Waals surface area contributed by atoms with E-state index in [-0.39, 0.29) is 12.1 Å². The largest absolute Gasteiger partial charge is 0.341 e. The van der Waals surface area contributed by atoms with E-state index in [1.165, 1.54) is 12.3 Å².